The summed E-state index contributed by atoms with van der Waals surface area (Å²) in [5.74, 6) is -11.2. The highest BCUT2D eigenvalue weighted by atomic mass is 16.7. The highest BCUT2D eigenvalue weighted by molar-refractivity contribution is 5.96. The fourth-order valence-corrected chi connectivity index (χ4v) is 5.65. The first-order valence-electron chi connectivity index (χ1n) is 16.0. The Kier molecular flexibility index (Phi) is 12.8. The molecule has 55 heavy (non-hydrogen) atoms. The van der Waals surface area contributed by atoms with Crippen molar-refractivity contribution in [3.8, 4) is 34.5 Å². The summed E-state index contributed by atoms with van der Waals surface area (Å²) in [4.78, 5) is 112. The van der Waals surface area contributed by atoms with Crippen molar-refractivity contribution in [3.05, 3.63) is 34.9 Å². The third-order valence-electron chi connectivity index (χ3n) is 7.32. The summed E-state index contributed by atoms with van der Waals surface area (Å²) in [5, 5.41) is 0. The lowest BCUT2D eigenvalue weighted by Gasteiger charge is -2.46. The minimum absolute atomic E-state index is 0.197. The Balaban J connectivity index is 1.84. The van der Waals surface area contributed by atoms with E-state index in [1.165, 1.54) is 0 Å². The molecule has 5 atom stereocenters. The first kappa shape index (κ1) is 41.2. The Bertz CT molecular complexity index is 1930. The zero-order chi connectivity index (χ0) is 40.9. The predicted molar refractivity (Wildman–Crippen MR) is 174 cm³/mol. The van der Waals surface area contributed by atoms with Gasteiger partial charge in [-0.05, 0) is 18.2 Å². The molecule has 1 saturated heterocycles. The molecule has 20 nitrogen and oxygen atoms in total. The topological polar surface area (TPSA) is 255 Å². The molecular weight excluding hydrogens is 740 g/mol. The SMILES string of the molecule is COc1c(OC(C)=O)cc2c(c1OC(C)=O)C1OC(COC(=O)c3cc(OC(C)=O)c(OC(C)=O)c(OC(C)=O)c3)C(OC(C)=O)C(OC(C)=O)C1OC2=O. The summed E-state index contributed by atoms with van der Waals surface area (Å²) in [6, 6.07) is 2.97. The van der Waals surface area contributed by atoms with Crippen molar-refractivity contribution in [1.82, 2.24) is 0 Å². The molecule has 0 bridgehead atoms. The Hall–Kier alpha value is -6.57. The molecule has 2 heterocycles. The predicted octanol–water partition coefficient (Wildman–Crippen LogP) is 2.02. The van der Waals surface area contributed by atoms with Gasteiger partial charge in [0.2, 0.25) is 11.5 Å². The molecule has 2 aliphatic rings. The van der Waals surface area contributed by atoms with E-state index in [4.69, 9.17) is 52.1 Å². The average Bonchev–Trinajstić information content (AvgIpc) is 3.05. The molecule has 294 valence electrons. The van der Waals surface area contributed by atoms with Crippen LogP contribution >= 0.6 is 0 Å². The Morgan fingerprint density at radius 1 is 0.600 bits per heavy atom. The first-order valence-corrected chi connectivity index (χ1v) is 16.0. The number of esters is 9. The number of hydrogen-bond donors (Lipinski definition) is 0. The fraction of sp³-hybridized carbons (Fsp3) is 0.400. The molecule has 5 unspecified atom stereocenters. The molecule has 2 aromatic rings. The lowest BCUT2D eigenvalue weighted by molar-refractivity contribution is -0.249. The molecule has 20 heteroatoms. The lowest BCUT2D eigenvalue weighted by Crippen LogP contribution is -2.60. The summed E-state index contributed by atoms with van der Waals surface area (Å²) in [7, 11) is 1.15. The van der Waals surface area contributed by atoms with Crippen molar-refractivity contribution in [2.45, 2.75) is 79.0 Å². The lowest BCUT2D eigenvalue weighted by atomic mass is 9.85. The van der Waals surface area contributed by atoms with Crippen molar-refractivity contribution in [2.24, 2.45) is 0 Å². The molecule has 4 rings (SSSR count). The van der Waals surface area contributed by atoms with E-state index < -0.39 is 119 Å². The first-order chi connectivity index (χ1) is 25.8. The molecule has 0 aliphatic carbocycles. The minimum atomic E-state index is -1.64. The van der Waals surface area contributed by atoms with Crippen LogP contribution in [0.25, 0.3) is 0 Å². The maximum absolute atomic E-state index is 13.5. The van der Waals surface area contributed by atoms with Crippen LogP contribution in [0, 0.1) is 0 Å². The van der Waals surface area contributed by atoms with E-state index in [2.05, 4.69) is 0 Å². The minimum Gasteiger partial charge on any atom is -0.490 e. The van der Waals surface area contributed by atoms with Crippen LogP contribution in [-0.4, -0.2) is 91.9 Å². The Morgan fingerprint density at radius 3 is 1.55 bits per heavy atom. The standard InChI is InChI=1S/C35H34O20/c1-13(36)47-22-9-20(10-23(48-14(2)37)27(22)50-16(4)39)34(43)46-12-25-29(51-17(5)40)32(53-19(7)42)33-31(54-25)26-21(35(44)55-33)11-24(49-15(3)38)28(45-8)30(26)52-18(6)41/h9-11,25,29,31-33H,12H2,1-8H3. The van der Waals surface area contributed by atoms with Gasteiger partial charge in [-0.3, -0.25) is 33.6 Å². The number of hydrogen-bond acceptors (Lipinski definition) is 20. The third-order valence-corrected chi connectivity index (χ3v) is 7.32. The average molecular weight is 775 g/mol. The van der Waals surface area contributed by atoms with Crippen LogP contribution in [0.2, 0.25) is 0 Å². The molecule has 2 aromatic carbocycles. The zero-order valence-electron chi connectivity index (χ0n) is 30.5. The van der Waals surface area contributed by atoms with Crippen molar-refractivity contribution >= 4 is 53.7 Å². The van der Waals surface area contributed by atoms with E-state index >= 15 is 0 Å². The van der Waals surface area contributed by atoms with Crippen LogP contribution < -0.4 is 28.4 Å². The van der Waals surface area contributed by atoms with Gasteiger partial charge in [-0.25, -0.2) is 9.59 Å². The van der Waals surface area contributed by atoms with Crippen LogP contribution in [0.1, 0.15) is 80.8 Å². The van der Waals surface area contributed by atoms with Gasteiger partial charge in [-0.2, -0.15) is 0 Å². The number of ether oxygens (including phenoxy) is 11. The monoisotopic (exact) mass is 774 g/mol. The number of carbonyl (C=O) groups is 9. The molecule has 0 radical (unpaired) electrons. The second-order valence-electron chi connectivity index (χ2n) is 11.7. The van der Waals surface area contributed by atoms with Gasteiger partial charge >= 0.3 is 53.7 Å². The fourth-order valence-electron chi connectivity index (χ4n) is 5.65. The Morgan fingerprint density at radius 2 is 1.07 bits per heavy atom. The highest BCUT2D eigenvalue weighted by Gasteiger charge is 2.56. The molecule has 0 amide bonds. The van der Waals surface area contributed by atoms with E-state index in [0.29, 0.717) is 0 Å². The molecule has 0 aromatic heterocycles. The van der Waals surface area contributed by atoms with Crippen LogP contribution in [0.3, 0.4) is 0 Å². The van der Waals surface area contributed by atoms with E-state index in [0.717, 1.165) is 73.8 Å². The summed E-state index contributed by atoms with van der Waals surface area (Å²) < 4.78 is 59.6. The molecule has 0 saturated carbocycles. The summed E-state index contributed by atoms with van der Waals surface area (Å²) >= 11 is 0. The van der Waals surface area contributed by atoms with Gasteiger partial charge in [0.05, 0.1) is 18.2 Å². The van der Waals surface area contributed by atoms with Crippen LogP contribution in [0.15, 0.2) is 18.2 Å². The van der Waals surface area contributed by atoms with Crippen LogP contribution in [0.4, 0.5) is 0 Å². The van der Waals surface area contributed by atoms with Gasteiger partial charge in [0.15, 0.2) is 41.3 Å². The molecule has 0 N–H and O–H groups in total. The van der Waals surface area contributed by atoms with Gasteiger partial charge in [0.25, 0.3) is 0 Å². The summed E-state index contributed by atoms with van der Waals surface area (Å²) in [5.41, 5.74) is -0.937. The smallest absolute Gasteiger partial charge is 0.339 e. The molecule has 2 aliphatic heterocycles. The maximum atomic E-state index is 13.5. The number of benzene rings is 2. The molecule has 0 spiro atoms. The second kappa shape index (κ2) is 17.1. The van der Waals surface area contributed by atoms with Gasteiger partial charge in [-0.1, -0.05) is 0 Å². The van der Waals surface area contributed by atoms with Crippen molar-refractivity contribution in [2.75, 3.05) is 13.7 Å². The quantitative estimate of drug-likeness (QED) is 0.180. The van der Waals surface area contributed by atoms with Crippen LogP contribution in [-0.2, 0) is 57.2 Å². The second-order valence-corrected chi connectivity index (χ2v) is 11.7. The zero-order valence-corrected chi connectivity index (χ0v) is 30.5. The largest absolute Gasteiger partial charge is 0.490 e. The van der Waals surface area contributed by atoms with Crippen LogP contribution in [0.5, 0.6) is 34.5 Å². The summed E-state index contributed by atoms with van der Waals surface area (Å²) in [6.45, 7) is 6.37. The van der Waals surface area contributed by atoms with Crippen molar-refractivity contribution < 1.29 is 95.3 Å². The Labute approximate surface area is 311 Å². The van der Waals surface area contributed by atoms with Gasteiger partial charge < -0.3 is 52.1 Å². The van der Waals surface area contributed by atoms with Gasteiger partial charge in [0, 0.05) is 54.0 Å². The summed E-state index contributed by atoms with van der Waals surface area (Å²) in [6.07, 6.45) is -7.93. The van der Waals surface area contributed by atoms with E-state index in [1.807, 2.05) is 0 Å². The van der Waals surface area contributed by atoms with Gasteiger partial charge in [-0.15, -0.1) is 0 Å². The van der Waals surface area contributed by atoms with E-state index in [-0.39, 0.29) is 22.6 Å². The molecular formula is C35H34O20. The highest BCUT2D eigenvalue weighted by Crippen LogP contribution is 2.52. The number of methoxy groups -OCH3 is 1. The number of carbonyl (C=O) groups excluding carboxylic acids is 9. The van der Waals surface area contributed by atoms with Crippen molar-refractivity contribution in [3.63, 3.8) is 0 Å². The maximum Gasteiger partial charge on any atom is 0.339 e. The van der Waals surface area contributed by atoms with E-state index in [1.54, 1.807) is 0 Å². The number of fused-ring (bicyclic) bond motifs is 3. The van der Waals surface area contributed by atoms with Crippen molar-refractivity contribution in [1.29, 1.82) is 0 Å². The van der Waals surface area contributed by atoms with E-state index in [9.17, 15) is 43.2 Å². The normalized spacial score (nSPS) is 19.5. The number of rotatable bonds is 11. The van der Waals surface area contributed by atoms with Gasteiger partial charge in [0.1, 0.15) is 18.8 Å². The molecule has 1 fully saturated rings. The third kappa shape index (κ3) is 9.71.